The van der Waals surface area contributed by atoms with Gasteiger partial charge in [0.1, 0.15) is 42.5 Å². The Labute approximate surface area is 589 Å². The molecule has 6 N–H and O–H groups in total. The van der Waals surface area contributed by atoms with Gasteiger partial charge in [-0.25, -0.2) is 19.2 Å². The normalized spacial score (nSPS) is 12.5. The average molecular weight is 1440 g/mol. The van der Waals surface area contributed by atoms with E-state index >= 15 is 0 Å². The largest absolute Gasteiger partial charge is 1.00 e. The van der Waals surface area contributed by atoms with E-state index < -0.39 is 31.6 Å². The fraction of sp³-hybridized carbons (Fsp3) is 0.380. The molecule has 1 atom stereocenters. The Kier molecular flexibility index (Phi) is 30.8. The van der Waals surface area contributed by atoms with E-state index in [1.165, 1.54) is 0 Å². The molecule has 542 valence electrons. The minimum Gasteiger partial charge on any atom is -1.00 e. The van der Waals surface area contributed by atoms with E-state index in [0.29, 0.717) is 61.7 Å². The maximum absolute atomic E-state index is 14.6. The van der Waals surface area contributed by atoms with Crippen molar-refractivity contribution in [3.63, 3.8) is 0 Å². The smallest absolute Gasteiger partial charge is 0.490 e. The van der Waals surface area contributed by atoms with Gasteiger partial charge in [-0.15, -0.1) is 5.10 Å². The number of fused-ring (bicyclic) bond motifs is 2. The molecule has 101 heavy (non-hydrogen) atoms. The second-order valence-corrected chi connectivity index (χ2v) is 25.0. The van der Waals surface area contributed by atoms with E-state index in [1.54, 1.807) is 89.6 Å². The third kappa shape index (κ3) is 23.5. The van der Waals surface area contributed by atoms with Gasteiger partial charge >= 0.3 is 25.8 Å². The van der Waals surface area contributed by atoms with Crippen LogP contribution in [0.25, 0.3) is 33.4 Å². The number of benzene rings is 6. The second-order valence-electron chi connectivity index (χ2n) is 23.0. The number of hydrogen-bond acceptors (Lipinski definition) is 17. The molecule has 3 aliphatic rings. The number of unbranched alkanes of at least 4 members (excludes halogenated alkanes) is 4. The second kappa shape index (κ2) is 39.4. The highest BCUT2D eigenvalue weighted by Crippen LogP contribution is 2.54. The highest BCUT2D eigenvalue weighted by Gasteiger charge is 2.43. The van der Waals surface area contributed by atoms with Crippen LogP contribution < -0.4 is 53.8 Å². The lowest BCUT2D eigenvalue weighted by atomic mass is 9.90. The quantitative estimate of drug-likeness (QED) is 0.00430. The molecule has 0 saturated carbocycles. The zero-order valence-electron chi connectivity index (χ0n) is 56.8. The van der Waals surface area contributed by atoms with Crippen molar-refractivity contribution in [1.82, 2.24) is 34.7 Å². The van der Waals surface area contributed by atoms with Crippen LogP contribution in [0.4, 0.5) is 29.3 Å². The Morgan fingerprint density at radius 3 is 1.97 bits per heavy atom. The number of anilines is 1. The minimum absolute atomic E-state index is 0. The summed E-state index contributed by atoms with van der Waals surface area (Å²) >= 11 is 0. The van der Waals surface area contributed by atoms with Gasteiger partial charge < -0.3 is 77.4 Å². The number of para-hydroxylation sites is 2. The summed E-state index contributed by atoms with van der Waals surface area (Å²) in [6, 6.07) is 44.0. The average Bonchev–Trinajstić information content (AvgIpc) is 0.944. The fourth-order valence-corrected chi connectivity index (χ4v) is 12.4. The third-order valence-corrected chi connectivity index (χ3v) is 17.9. The number of amides is 3. The lowest BCUT2D eigenvalue weighted by molar-refractivity contribution is -0.192. The van der Waals surface area contributed by atoms with Gasteiger partial charge in [0.2, 0.25) is 11.3 Å². The Morgan fingerprint density at radius 1 is 0.733 bits per heavy atom. The molecule has 1 aromatic heterocycles. The van der Waals surface area contributed by atoms with E-state index in [2.05, 4.69) is 94.2 Å². The summed E-state index contributed by atoms with van der Waals surface area (Å²) in [6.07, 6.45) is 0.849. The summed E-state index contributed by atoms with van der Waals surface area (Å²) in [5, 5.41) is 20.3. The summed E-state index contributed by atoms with van der Waals surface area (Å²) in [6.45, 7) is 15.3. The number of nitrogens with zero attached hydrogens (tertiary/aromatic N) is 8. The molecular formula is C71H86ClF3N11O14P. The fourth-order valence-electron chi connectivity index (χ4n) is 11.0. The molecule has 2 aliphatic heterocycles. The van der Waals surface area contributed by atoms with Gasteiger partial charge in [-0.3, -0.25) is 18.8 Å². The highest BCUT2D eigenvalue weighted by atomic mass is 35.5. The van der Waals surface area contributed by atoms with Crippen molar-refractivity contribution < 1.29 is 92.2 Å². The maximum Gasteiger partial charge on any atom is 0.490 e. The van der Waals surface area contributed by atoms with Crippen molar-refractivity contribution in [2.45, 2.75) is 97.8 Å². The van der Waals surface area contributed by atoms with Crippen molar-refractivity contribution in [2.24, 2.45) is 16.5 Å². The molecular weight excluding hydrogens is 1350 g/mol. The van der Waals surface area contributed by atoms with Crippen LogP contribution in [0.3, 0.4) is 0 Å². The summed E-state index contributed by atoms with van der Waals surface area (Å²) in [5.41, 5.74) is 18.1. The number of alkyl halides is 3. The zero-order chi connectivity index (χ0) is 71.4. The first-order valence-corrected chi connectivity index (χ1v) is 34.8. The molecule has 0 radical (unpaired) electrons. The minimum atomic E-state index is -5.08. The molecule has 1 unspecified atom stereocenters. The number of nitrogens with one attached hydrogen (secondary N) is 1. The number of guanidine groups is 1. The Hall–Kier alpha value is -9.57. The monoisotopic (exact) mass is 1440 g/mol. The number of aryl methyl sites for hydroxylation is 1. The molecule has 5 aromatic carbocycles. The molecule has 1 aliphatic carbocycles. The SMILES string of the molecule is CCN(CC)c1ccc2c(-c3ccccc3C(=O)N3CCN(C(=O)CCCCCCCn4cc(COCCOCCOC(=O)NC(Cc5ccc(N=C(N)N)cc5)P(=O)(OOc5ccccc5)OOc5ccccc5)nn4)CC3)c3ccc(=[N+](CC)CC)cc-3oc2c1.O=C(O)C(F)(F)F.[Cl-]. The van der Waals surface area contributed by atoms with E-state index in [4.69, 9.17) is 59.1 Å². The Balaban J connectivity index is 0.00000170. The van der Waals surface area contributed by atoms with Crippen LogP contribution in [0.2, 0.25) is 0 Å². The zero-order valence-corrected chi connectivity index (χ0v) is 58.5. The van der Waals surface area contributed by atoms with Gasteiger partial charge in [-0.1, -0.05) is 101 Å². The number of carbonyl (C=O) groups is 4. The standard InChI is InChI=1S/C69H84N11O12P.C2HF3O2.ClH/c1-5-76(6-2)54-33-35-60-62(47-54)88-63-48-55(77(7-3)8-4)34-36-61(63)66(60)58-26-19-20-27-59(58)67(82)79-40-38-78(39-41-79)65(81)28-18-10-9-11-21-37-80-49-53(74-75-80)50-86-43-42-85-44-45-87-69(83)73-64(46-51-29-31-52(32-30-51)72-68(70)71)93(84,91-89-56-22-14-12-15-23-56)92-90-57-24-16-13-17-25-57;3-2(4,5)1(6)7;/h12-17,19-20,22-27,29-36,47-49,64H,5-11,18,21,28,37-46,50H2,1-4H3,(H4-,70,71,72,73,83);(H,6,7);1H. The number of carbonyl (C=O) groups excluding carboxylic acids is 3. The number of aliphatic carboxylic acids is 1. The van der Waals surface area contributed by atoms with Crippen molar-refractivity contribution in [3.05, 3.63) is 174 Å². The molecule has 9 rings (SSSR count). The van der Waals surface area contributed by atoms with Crippen LogP contribution >= 0.6 is 7.60 Å². The van der Waals surface area contributed by atoms with Crippen LogP contribution in [0.5, 0.6) is 11.5 Å². The van der Waals surface area contributed by atoms with Crippen LogP contribution in [0.1, 0.15) is 87.8 Å². The number of aromatic nitrogens is 3. The van der Waals surface area contributed by atoms with Crippen LogP contribution in [-0.4, -0.2) is 150 Å². The molecule has 25 nitrogen and oxygen atoms in total. The molecule has 30 heteroatoms. The molecule has 3 heterocycles. The number of carboxylic acids is 1. The topological polar surface area (TPSA) is 303 Å². The van der Waals surface area contributed by atoms with Gasteiger partial charge in [0.15, 0.2) is 17.5 Å². The molecule has 0 bridgehead atoms. The number of nitrogens with two attached hydrogens (primary N) is 2. The summed E-state index contributed by atoms with van der Waals surface area (Å²) in [7, 11) is -4.54. The summed E-state index contributed by atoms with van der Waals surface area (Å²) in [4.78, 5) is 71.1. The summed E-state index contributed by atoms with van der Waals surface area (Å²) in [5.74, 6) is -2.99. The summed E-state index contributed by atoms with van der Waals surface area (Å²) < 4.78 is 84.9. The first-order valence-electron chi connectivity index (χ1n) is 33.2. The Morgan fingerprint density at radius 2 is 1.34 bits per heavy atom. The van der Waals surface area contributed by atoms with E-state index in [-0.39, 0.29) is 81.1 Å². The van der Waals surface area contributed by atoms with Crippen LogP contribution in [-0.2, 0) is 57.3 Å². The number of hydrogen-bond donors (Lipinski definition) is 4. The van der Waals surface area contributed by atoms with Gasteiger partial charge in [0.25, 0.3) is 5.91 Å². The third-order valence-electron chi connectivity index (χ3n) is 16.2. The lowest BCUT2D eigenvalue weighted by Crippen LogP contribution is -3.00. The maximum atomic E-state index is 14.6. The predicted octanol–water partition coefficient (Wildman–Crippen LogP) is 8.36. The highest BCUT2D eigenvalue weighted by molar-refractivity contribution is 7.54. The van der Waals surface area contributed by atoms with E-state index in [0.717, 1.165) is 103 Å². The molecule has 6 aromatic rings. The van der Waals surface area contributed by atoms with Crippen molar-refractivity contribution >= 4 is 59.8 Å². The van der Waals surface area contributed by atoms with Crippen LogP contribution in [0.15, 0.2) is 161 Å². The first kappa shape index (κ1) is 78.8. The van der Waals surface area contributed by atoms with Gasteiger partial charge in [-0.2, -0.15) is 13.2 Å². The Bertz CT molecular complexity index is 4010. The number of piperazine rings is 1. The molecule has 1 saturated heterocycles. The van der Waals surface area contributed by atoms with Gasteiger partial charge in [-0.05, 0) is 112 Å². The van der Waals surface area contributed by atoms with E-state index in [9.17, 15) is 32.1 Å². The number of ether oxygens (including phenoxy) is 3. The number of halogens is 4. The number of rotatable bonds is 34. The van der Waals surface area contributed by atoms with Gasteiger partial charge in [0, 0.05) is 98.6 Å². The van der Waals surface area contributed by atoms with Crippen molar-refractivity contribution in [1.29, 1.82) is 0 Å². The molecule has 1 fully saturated rings. The number of carboxylic acid groups (broad SMARTS) is 1. The van der Waals surface area contributed by atoms with Crippen molar-refractivity contribution in [3.8, 4) is 33.9 Å². The van der Waals surface area contributed by atoms with Crippen LogP contribution in [0, 0.1) is 0 Å². The number of aliphatic imine (C=N–C) groups is 1. The first-order chi connectivity index (χ1) is 48.3. The predicted molar refractivity (Wildman–Crippen MR) is 370 cm³/mol. The molecule has 0 spiro atoms. The molecule has 3 amide bonds. The van der Waals surface area contributed by atoms with Crippen molar-refractivity contribution in [2.75, 3.05) is 83.7 Å². The van der Waals surface area contributed by atoms with E-state index in [1.807, 2.05) is 40.3 Å². The van der Waals surface area contributed by atoms with Gasteiger partial charge in [0.05, 0.1) is 44.4 Å². The number of alkyl carbamates (subject to hydrolysis) is 1. The lowest BCUT2D eigenvalue weighted by Gasteiger charge is -2.35.